The number of hydrogen-bond acceptors (Lipinski definition) is 4. The Balaban J connectivity index is 1.56. The number of aromatic nitrogens is 2. The van der Waals surface area contributed by atoms with Gasteiger partial charge in [-0.15, -0.1) is 6.58 Å². The lowest BCUT2D eigenvalue weighted by Crippen LogP contribution is -2.42. The first-order valence-corrected chi connectivity index (χ1v) is 8.37. The molecule has 130 valence electrons. The number of carboxylic acids is 1. The van der Waals surface area contributed by atoms with Gasteiger partial charge in [-0.25, -0.2) is 0 Å². The molecule has 0 bridgehead atoms. The highest BCUT2D eigenvalue weighted by Crippen LogP contribution is 2.42. The van der Waals surface area contributed by atoms with E-state index in [1.54, 1.807) is 21.9 Å². The summed E-state index contributed by atoms with van der Waals surface area (Å²) >= 11 is 0. The maximum Gasteiger partial charge on any atom is 0.313 e. The van der Waals surface area contributed by atoms with Crippen LogP contribution >= 0.6 is 0 Å². The third kappa shape index (κ3) is 3.08. The Morgan fingerprint density at radius 2 is 2.21 bits per heavy atom. The van der Waals surface area contributed by atoms with Crippen LogP contribution in [-0.4, -0.2) is 69.3 Å². The van der Waals surface area contributed by atoms with Gasteiger partial charge in [0.25, 0.3) is 0 Å². The van der Waals surface area contributed by atoms with E-state index in [1.807, 2.05) is 12.3 Å². The van der Waals surface area contributed by atoms with Crippen molar-refractivity contribution in [1.29, 1.82) is 0 Å². The molecular weight excluding hydrogens is 308 g/mol. The van der Waals surface area contributed by atoms with E-state index in [1.165, 1.54) is 0 Å². The third-order valence-electron chi connectivity index (χ3n) is 5.18. The van der Waals surface area contributed by atoms with Crippen molar-refractivity contribution in [3.05, 3.63) is 31.1 Å². The molecule has 1 aromatic rings. The fourth-order valence-corrected chi connectivity index (χ4v) is 3.97. The number of hydrogen-bond donors (Lipinski definition) is 1. The molecule has 1 aromatic heterocycles. The summed E-state index contributed by atoms with van der Waals surface area (Å²) < 4.78 is 1.80. The van der Waals surface area contributed by atoms with Gasteiger partial charge in [0.1, 0.15) is 5.41 Å². The van der Waals surface area contributed by atoms with Gasteiger partial charge in [0.2, 0.25) is 5.91 Å². The highest BCUT2D eigenvalue weighted by molar-refractivity contribution is 5.81. The number of likely N-dealkylation sites (tertiary alicyclic amines) is 2. The van der Waals surface area contributed by atoms with E-state index in [9.17, 15) is 14.7 Å². The van der Waals surface area contributed by atoms with Gasteiger partial charge in [-0.2, -0.15) is 5.10 Å². The second-order valence-electron chi connectivity index (χ2n) is 6.79. The number of aryl methyl sites for hydroxylation is 1. The van der Waals surface area contributed by atoms with Crippen LogP contribution in [0, 0.1) is 11.3 Å². The summed E-state index contributed by atoms with van der Waals surface area (Å²) in [6, 6.07) is 1.86. The van der Waals surface area contributed by atoms with Crippen molar-refractivity contribution in [2.45, 2.75) is 19.4 Å². The molecule has 3 rings (SSSR count). The number of carbonyl (C=O) groups is 2. The van der Waals surface area contributed by atoms with Gasteiger partial charge in [-0.1, -0.05) is 6.08 Å². The number of amides is 1. The summed E-state index contributed by atoms with van der Waals surface area (Å²) in [4.78, 5) is 28.2. The Labute approximate surface area is 141 Å². The molecular formula is C17H24N4O3. The van der Waals surface area contributed by atoms with Gasteiger partial charge < -0.3 is 10.0 Å². The minimum absolute atomic E-state index is 0.00464. The minimum Gasteiger partial charge on any atom is -0.481 e. The lowest BCUT2D eigenvalue weighted by molar-refractivity contribution is -0.149. The molecule has 1 N–H and O–H groups in total. The highest BCUT2D eigenvalue weighted by Gasteiger charge is 2.58. The second kappa shape index (κ2) is 6.76. The van der Waals surface area contributed by atoms with E-state index in [-0.39, 0.29) is 11.8 Å². The van der Waals surface area contributed by atoms with E-state index < -0.39 is 11.4 Å². The molecule has 0 unspecified atom stereocenters. The molecule has 2 fully saturated rings. The molecule has 0 aromatic carbocycles. The van der Waals surface area contributed by atoms with Crippen LogP contribution in [0.5, 0.6) is 0 Å². The quantitative estimate of drug-likeness (QED) is 0.744. The second-order valence-corrected chi connectivity index (χ2v) is 6.79. The van der Waals surface area contributed by atoms with Gasteiger partial charge in [0.15, 0.2) is 0 Å². The van der Waals surface area contributed by atoms with Crippen LogP contribution in [0.25, 0.3) is 0 Å². The Morgan fingerprint density at radius 3 is 2.83 bits per heavy atom. The normalized spacial score (nSPS) is 26.5. The van der Waals surface area contributed by atoms with Crippen molar-refractivity contribution >= 4 is 11.9 Å². The van der Waals surface area contributed by atoms with Gasteiger partial charge in [0.05, 0.1) is 0 Å². The van der Waals surface area contributed by atoms with Gasteiger partial charge >= 0.3 is 5.97 Å². The minimum atomic E-state index is -0.819. The predicted octanol–water partition coefficient (Wildman–Crippen LogP) is 0.694. The van der Waals surface area contributed by atoms with E-state index >= 15 is 0 Å². The number of carbonyl (C=O) groups excluding carboxylic acids is 1. The molecule has 0 spiro atoms. The van der Waals surface area contributed by atoms with Crippen molar-refractivity contribution < 1.29 is 14.7 Å². The fraction of sp³-hybridized carbons (Fsp3) is 0.588. The average Bonchev–Trinajstić information content (AvgIpc) is 3.21. The lowest BCUT2D eigenvalue weighted by atomic mass is 9.81. The molecule has 7 nitrogen and oxygen atoms in total. The standard InChI is InChI=1S/C17H24N4O3/c1-2-7-19-10-14-11-20(13-17(14,12-19)16(23)24)15(22)5-3-8-21-9-4-6-18-21/h2,4,6,9,14H,1,3,5,7-8,10-13H2,(H,23,24)/t14-,17-/m1/s1. The molecule has 24 heavy (non-hydrogen) atoms. The molecule has 0 radical (unpaired) electrons. The largest absolute Gasteiger partial charge is 0.481 e. The monoisotopic (exact) mass is 332 g/mol. The Kier molecular flexibility index (Phi) is 4.71. The fourth-order valence-electron chi connectivity index (χ4n) is 3.97. The van der Waals surface area contributed by atoms with Crippen LogP contribution in [-0.2, 0) is 16.1 Å². The summed E-state index contributed by atoms with van der Waals surface area (Å²) in [6.45, 7) is 7.20. The summed E-state index contributed by atoms with van der Waals surface area (Å²) in [5.74, 6) is -0.733. The number of fused-ring (bicyclic) bond motifs is 1. The molecule has 3 heterocycles. The molecule has 0 saturated carbocycles. The molecule has 7 heteroatoms. The Morgan fingerprint density at radius 1 is 1.38 bits per heavy atom. The zero-order valence-corrected chi connectivity index (χ0v) is 13.8. The topological polar surface area (TPSA) is 78.7 Å². The molecule has 1 amide bonds. The third-order valence-corrected chi connectivity index (χ3v) is 5.18. The number of rotatable bonds is 7. The van der Waals surface area contributed by atoms with E-state index in [2.05, 4.69) is 16.6 Å². The predicted molar refractivity (Wildman–Crippen MR) is 88.2 cm³/mol. The van der Waals surface area contributed by atoms with Crippen LogP contribution in [0.15, 0.2) is 31.1 Å². The van der Waals surface area contributed by atoms with Crippen molar-refractivity contribution in [2.75, 3.05) is 32.7 Å². The SMILES string of the molecule is C=CCN1C[C@@H]2CN(C(=O)CCCn3cccn3)C[C@]2(C(=O)O)C1. The van der Waals surface area contributed by atoms with Crippen molar-refractivity contribution in [3.63, 3.8) is 0 Å². The summed E-state index contributed by atoms with van der Waals surface area (Å²) in [6.07, 6.45) is 6.53. The van der Waals surface area contributed by atoms with E-state index in [4.69, 9.17) is 0 Å². The summed E-state index contributed by atoms with van der Waals surface area (Å²) in [5.41, 5.74) is -0.819. The Hall–Kier alpha value is -2.15. The van der Waals surface area contributed by atoms with Crippen LogP contribution in [0.4, 0.5) is 0 Å². The molecule has 2 aliphatic rings. The zero-order valence-electron chi connectivity index (χ0n) is 13.8. The smallest absolute Gasteiger partial charge is 0.313 e. The molecule has 0 aliphatic carbocycles. The van der Waals surface area contributed by atoms with Crippen molar-refractivity contribution in [2.24, 2.45) is 11.3 Å². The van der Waals surface area contributed by atoms with E-state index in [0.717, 1.165) is 6.54 Å². The van der Waals surface area contributed by atoms with Crippen LogP contribution < -0.4 is 0 Å². The number of carboxylic acid groups (broad SMARTS) is 1. The lowest BCUT2D eigenvalue weighted by Gasteiger charge is -2.25. The van der Waals surface area contributed by atoms with Crippen molar-refractivity contribution in [1.82, 2.24) is 19.6 Å². The number of nitrogens with zero attached hydrogens (tertiary/aromatic N) is 4. The Bertz CT molecular complexity index is 615. The van der Waals surface area contributed by atoms with Crippen molar-refractivity contribution in [3.8, 4) is 0 Å². The molecule has 2 aliphatic heterocycles. The van der Waals surface area contributed by atoms with Crippen LogP contribution in [0.3, 0.4) is 0 Å². The number of aliphatic carboxylic acids is 1. The summed E-state index contributed by atoms with van der Waals surface area (Å²) in [7, 11) is 0. The van der Waals surface area contributed by atoms with Crippen LogP contribution in [0.1, 0.15) is 12.8 Å². The van der Waals surface area contributed by atoms with Gasteiger partial charge in [-0.3, -0.25) is 19.2 Å². The summed E-state index contributed by atoms with van der Waals surface area (Å²) in [5, 5.41) is 13.9. The van der Waals surface area contributed by atoms with Gasteiger partial charge in [-0.05, 0) is 12.5 Å². The van der Waals surface area contributed by atoms with E-state index in [0.29, 0.717) is 45.6 Å². The highest BCUT2D eigenvalue weighted by atomic mass is 16.4. The van der Waals surface area contributed by atoms with Crippen LogP contribution in [0.2, 0.25) is 0 Å². The maximum atomic E-state index is 12.5. The first kappa shape index (κ1) is 16.7. The molecule has 2 saturated heterocycles. The molecule has 2 atom stereocenters. The first-order valence-electron chi connectivity index (χ1n) is 8.37. The maximum absolute atomic E-state index is 12.5. The van der Waals surface area contributed by atoms with Gasteiger partial charge in [0, 0.05) is 64.0 Å². The first-order chi connectivity index (χ1) is 11.5. The zero-order chi connectivity index (χ0) is 17.2. The average molecular weight is 332 g/mol.